The molecule has 0 aliphatic rings. The van der Waals surface area contributed by atoms with Crippen molar-refractivity contribution in [3.05, 3.63) is 65.8 Å². The lowest BCUT2D eigenvalue weighted by molar-refractivity contribution is 0.157. The highest BCUT2D eigenvalue weighted by molar-refractivity contribution is 7.13. The van der Waals surface area contributed by atoms with Gasteiger partial charge in [0.15, 0.2) is 0 Å². The third-order valence-corrected chi connectivity index (χ3v) is 3.88. The van der Waals surface area contributed by atoms with Gasteiger partial charge in [-0.25, -0.2) is 4.98 Å². The topological polar surface area (TPSA) is 38.0 Å². The summed E-state index contributed by atoms with van der Waals surface area (Å²) in [5, 5.41) is 12.3. The number of nitrogens with zero attached hydrogens (tertiary/aromatic N) is 2. The fourth-order valence-electron chi connectivity index (χ4n) is 2.05. The summed E-state index contributed by atoms with van der Waals surface area (Å²) in [4.78, 5) is 5.48. The van der Waals surface area contributed by atoms with E-state index in [2.05, 4.69) is 4.98 Å². The molecule has 0 aliphatic heterocycles. The minimum absolute atomic E-state index is 0.511. The molecule has 1 N–H and O–H groups in total. The molecule has 3 rings (SSSR count). The lowest BCUT2D eigenvalue weighted by Gasteiger charge is -2.13. The number of hydrogen-bond donors (Lipinski definition) is 1. The Kier molecular flexibility index (Phi) is 3.44. The van der Waals surface area contributed by atoms with E-state index in [0.717, 1.165) is 16.3 Å². The summed E-state index contributed by atoms with van der Waals surface area (Å²) >= 11 is 1.65. The Labute approximate surface area is 115 Å². The van der Waals surface area contributed by atoms with Crippen molar-refractivity contribution in [1.82, 2.24) is 9.55 Å². The Bertz CT molecular complexity index is 631. The van der Waals surface area contributed by atoms with Crippen molar-refractivity contribution >= 4 is 11.3 Å². The first kappa shape index (κ1) is 12.1. The predicted molar refractivity (Wildman–Crippen MR) is 76.9 cm³/mol. The second kappa shape index (κ2) is 5.38. The van der Waals surface area contributed by atoms with Crippen LogP contribution < -0.4 is 0 Å². The molecule has 4 heteroatoms. The molecule has 0 aliphatic carbocycles. The van der Waals surface area contributed by atoms with Gasteiger partial charge in [0, 0.05) is 12.4 Å². The van der Waals surface area contributed by atoms with Crippen molar-refractivity contribution in [2.75, 3.05) is 0 Å². The summed E-state index contributed by atoms with van der Waals surface area (Å²) < 4.78 is 1.99. The molecule has 1 unspecified atom stereocenters. The summed E-state index contributed by atoms with van der Waals surface area (Å²) in [5.41, 5.74) is 0.924. The van der Waals surface area contributed by atoms with E-state index >= 15 is 0 Å². The standard InChI is InChI=1S/C15H14N2OS/c18-13(12-5-2-1-3-6-12)11-17-9-8-16-15(17)14-7-4-10-19-14/h1-10,13,18H,11H2. The van der Waals surface area contributed by atoms with Gasteiger partial charge in [-0.3, -0.25) is 0 Å². The highest BCUT2D eigenvalue weighted by Crippen LogP contribution is 2.24. The molecule has 0 saturated carbocycles. The van der Waals surface area contributed by atoms with Gasteiger partial charge in [0.25, 0.3) is 0 Å². The molecule has 0 radical (unpaired) electrons. The molecule has 0 saturated heterocycles. The van der Waals surface area contributed by atoms with Crippen molar-refractivity contribution in [3.8, 4) is 10.7 Å². The van der Waals surface area contributed by atoms with Gasteiger partial charge in [-0.15, -0.1) is 11.3 Å². The lowest BCUT2D eigenvalue weighted by atomic mass is 10.1. The second-order valence-electron chi connectivity index (χ2n) is 4.31. The van der Waals surface area contributed by atoms with Gasteiger partial charge in [-0.1, -0.05) is 36.4 Å². The van der Waals surface area contributed by atoms with E-state index in [9.17, 15) is 5.11 Å². The summed E-state index contributed by atoms with van der Waals surface area (Å²) in [6, 6.07) is 13.7. The molecule has 3 aromatic rings. The molecule has 1 aromatic carbocycles. The third kappa shape index (κ3) is 2.59. The van der Waals surface area contributed by atoms with Crippen molar-refractivity contribution < 1.29 is 5.11 Å². The van der Waals surface area contributed by atoms with E-state index in [1.165, 1.54) is 0 Å². The van der Waals surface area contributed by atoms with E-state index in [-0.39, 0.29) is 0 Å². The Balaban J connectivity index is 1.83. The maximum Gasteiger partial charge on any atom is 0.150 e. The SMILES string of the molecule is OC(Cn1ccnc1-c1cccs1)c1ccccc1. The Morgan fingerprint density at radius 1 is 1.16 bits per heavy atom. The fraction of sp³-hybridized carbons (Fsp3) is 0.133. The van der Waals surface area contributed by atoms with Crippen LogP contribution in [0.25, 0.3) is 10.7 Å². The van der Waals surface area contributed by atoms with Crippen LogP contribution in [0.2, 0.25) is 0 Å². The molecule has 1 atom stereocenters. The smallest absolute Gasteiger partial charge is 0.150 e. The van der Waals surface area contributed by atoms with E-state index in [1.54, 1.807) is 17.5 Å². The van der Waals surface area contributed by atoms with Gasteiger partial charge in [0.05, 0.1) is 17.5 Å². The second-order valence-corrected chi connectivity index (χ2v) is 5.25. The van der Waals surface area contributed by atoms with Gasteiger partial charge < -0.3 is 9.67 Å². The molecule has 0 amide bonds. The maximum atomic E-state index is 10.3. The minimum Gasteiger partial charge on any atom is -0.387 e. The quantitative estimate of drug-likeness (QED) is 0.789. The number of benzene rings is 1. The van der Waals surface area contributed by atoms with Crippen molar-refractivity contribution in [2.24, 2.45) is 0 Å². The number of imidazole rings is 1. The molecule has 96 valence electrons. The van der Waals surface area contributed by atoms with Crippen molar-refractivity contribution in [1.29, 1.82) is 0 Å². The Morgan fingerprint density at radius 3 is 2.74 bits per heavy atom. The van der Waals surface area contributed by atoms with Crippen molar-refractivity contribution in [2.45, 2.75) is 12.6 Å². The minimum atomic E-state index is -0.519. The average molecular weight is 270 g/mol. The van der Waals surface area contributed by atoms with E-state index < -0.39 is 6.10 Å². The monoisotopic (exact) mass is 270 g/mol. The third-order valence-electron chi connectivity index (χ3n) is 3.01. The molecular formula is C15H14N2OS. The van der Waals surface area contributed by atoms with Gasteiger partial charge in [-0.05, 0) is 17.0 Å². The van der Waals surface area contributed by atoms with Crippen molar-refractivity contribution in [3.63, 3.8) is 0 Å². The molecule has 19 heavy (non-hydrogen) atoms. The van der Waals surface area contributed by atoms with Crippen LogP contribution >= 0.6 is 11.3 Å². The number of aliphatic hydroxyl groups excluding tert-OH is 1. The number of hydrogen-bond acceptors (Lipinski definition) is 3. The van der Waals surface area contributed by atoms with Crippen LogP contribution in [-0.2, 0) is 6.54 Å². The normalized spacial score (nSPS) is 12.5. The van der Waals surface area contributed by atoms with E-state index in [0.29, 0.717) is 6.54 Å². The van der Waals surface area contributed by atoms with Crippen LogP contribution in [0.15, 0.2) is 60.2 Å². The van der Waals surface area contributed by atoms with Gasteiger partial charge in [0.1, 0.15) is 5.82 Å². The van der Waals surface area contributed by atoms with Crippen LogP contribution in [0, 0.1) is 0 Å². The summed E-state index contributed by atoms with van der Waals surface area (Å²) in [5.74, 6) is 0.907. The van der Waals surface area contributed by atoms with Crippen LogP contribution in [-0.4, -0.2) is 14.7 Å². The molecule has 0 spiro atoms. The summed E-state index contributed by atoms with van der Waals surface area (Å²) in [7, 11) is 0. The zero-order valence-electron chi connectivity index (χ0n) is 10.3. The molecule has 2 heterocycles. The largest absolute Gasteiger partial charge is 0.387 e. The molecule has 0 bridgehead atoms. The maximum absolute atomic E-state index is 10.3. The summed E-state index contributed by atoms with van der Waals surface area (Å²) in [6.45, 7) is 0.511. The number of rotatable bonds is 4. The van der Waals surface area contributed by atoms with E-state index in [4.69, 9.17) is 0 Å². The number of thiophene rings is 1. The van der Waals surface area contributed by atoms with Gasteiger partial charge >= 0.3 is 0 Å². The van der Waals surface area contributed by atoms with Crippen LogP contribution in [0.1, 0.15) is 11.7 Å². The van der Waals surface area contributed by atoms with Crippen LogP contribution in [0.4, 0.5) is 0 Å². The lowest BCUT2D eigenvalue weighted by Crippen LogP contribution is -2.08. The Morgan fingerprint density at radius 2 is 2.00 bits per heavy atom. The zero-order chi connectivity index (χ0) is 13.1. The van der Waals surface area contributed by atoms with Crippen LogP contribution in [0.5, 0.6) is 0 Å². The first-order chi connectivity index (χ1) is 9.34. The number of aliphatic hydroxyl groups is 1. The number of aromatic nitrogens is 2. The van der Waals surface area contributed by atoms with Crippen LogP contribution in [0.3, 0.4) is 0 Å². The van der Waals surface area contributed by atoms with E-state index in [1.807, 2.05) is 58.6 Å². The fourth-order valence-corrected chi connectivity index (χ4v) is 2.79. The van der Waals surface area contributed by atoms with Gasteiger partial charge in [0.2, 0.25) is 0 Å². The first-order valence-electron chi connectivity index (χ1n) is 6.12. The average Bonchev–Trinajstić information content (AvgIpc) is 3.10. The zero-order valence-corrected chi connectivity index (χ0v) is 11.1. The Hall–Kier alpha value is -1.91. The first-order valence-corrected chi connectivity index (χ1v) is 7.00. The summed E-state index contributed by atoms with van der Waals surface area (Å²) in [6.07, 6.45) is 3.16. The molecule has 2 aromatic heterocycles. The van der Waals surface area contributed by atoms with Gasteiger partial charge in [-0.2, -0.15) is 0 Å². The molecule has 0 fully saturated rings. The predicted octanol–water partition coefficient (Wildman–Crippen LogP) is 3.35. The molecule has 3 nitrogen and oxygen atoms in total. The highest BCUT2D eigenvalue weighted by Gasteiger charge is 2.12. The highest BCUT2D eigenvalue weighted by atomic mass is 32.1. The molecular weight excluding hydrogens is 256 g/mol.